The van der Waals surface area contributed by atoms with Crippen LogP contribution in [0.5, 0.6) is 5.75 Å². The minimum Gasteiger partial charge on any atom is -0.508 e. The van der Waals surface area contributed by atoms with Crippen LogP contribution in [0.2, 0.25) is 0 Å². The van der Waals surface area contributed by atoms with Crippen molar-refractivity contribution in [1.82, 2.24) is 15.4 Å². The Balaban J connectivity index is 1.78. The second kappa shape index (κ2) is 6.10. The standard InChI is InChI=1S/C16H12N4O3/c21-11-7-5-10(6-8-11)9-17-20-16(23)14-18-13-4-2-1-3-12(13)15(22)19-14/h1-9,21H,(H,20,23)(H,18,19,22)/b17-9+. The highest BCUT2D eigenvalue weighted by Gasteiger charge is 2.10. The van der Waals surface area contributed by atoms with E-state index in [2.05, 4.69) is 20.5 Å². The molecule has 0 saturated carbocycles. The van der Waals surface area contributed by atoms with Crippen LogP contribution in [0.3, 0.4) is 0 Å². The van der Waals surface area contributed by atoms with E-state index in [0.717, 1.165) is 0 Å². The Kier molecular flexibility index (Phi) is 3.84. The molecule has 0 aliphatic carbocycles. The summed E-state index contributed by atoms with van der Waals surface area (Å²) < 4.78 is 0. The topological polar surface area (TPSA) is 107 Å². The zero-order valence-electron chi connectivity index (χ0n) is 11.9. The van der Waals surface area contributed by atoms with Crippen LogP contribution in [0.25, 0.3) is 10.9 Å². The molecule has 0 radical (unpaired) electrons. The summed E-state index contributed by atoms with van der Waals surface area (Å²) in [6, 6.07) is 13.0. The maximum atomic E-state index is 12.0. The first-order chi connectivity index (χ1) is 11.1. The Bertz CT molecular complexity index is 945. The molecule has 3 aromatic rings. The quantitative estimate of drug-likeness (QED) is 0.502. The third-order valence-electron chi connectivity index (χ3n) is 3.10. The van der Waals surface area contributed by atoms with Crippen molar-refractivity contribution in [2.75, 3.05) is 0 Å². The first-order valence-corrected chi connectivity index (χ1v) is 6.75. The first kappa shape index (κ1) is 14.5. The van der Waals surface area contributed by atoms with Gasteiger partial charge in [0, 0.05) is 0 Å². The number of aromatic hydroxyl groups is 1. The molecule has 3 rings (SSSR count). The number of H-pyrrole nitrogens is 1. The highest BCUT2D eigenvalue weighted by molar-refractivity contribution is 5.93. The van der Waals surface area contributed by atoms with Crippen LogP contribution >= 0.6 is 0 Å². The third kappa shape index (κ3) is 3.24. The summed E-state index contributed by atoms with van der Waals surface area (Å²) in [4.78, 5) is 30.4. The fourth-order valence-electron chi connectivity index (χ4n) is 1.97. The normalized spacial score (nSPS) is 11.0. The summed E-state index contributed by atoms with van der Waals surface area (Å²) >= 11 is 0. The molecule has 1 heterocycles. The van der Waals surface area contributed by atoms with Gasteiger partial charge >= 0.3 is 5.91 Å². The van der Waals surface area contributed by atoms with Gasteiger partial charge in [-0.15, -0.1) is 0 Å². The average molecular weight is 308 g/mol. The van der Waals surface area contributed by atoms with Crippen LogP contribution in [0.4, 0.5) is 0 Å². The lowest BCUT2D eigenvalue weighted by Gasteiger charge is -2.01. The van der Waals surface area contributed by atoms with Crippen molar-refractivity contribution < 1.29 is 9.90 Å². The molecule has 0 bridgehead atoms. The zero-order chi connectivity index (χ0) is 16.2. The maximum Gasteiger partial charge on any atom is 0.307 e. The molecule has 0 unspecified atom stereocenters. The Morgan fingerprint density at radius 1 is 1.17 bits per heavy atom. The molecule has 0 aliphatic heterocycles. The van der Waals surface area contributed by atoms with Gasteiger partial charge in [-0.25, -0.2) is 10.4 Å². The second-order valence-corrected chi connectivity index (χ2v) is 4.72. The van der Waals surface area contributed by atoms with E-state index in [-0.39, 0.29) is 17.1 Å². The monoisotopic (exact) mass is 308 g/mol. The largest absolute Gasteiger partial charge is 0.508 e. The molecule has 23 heavy (non-hydrogen) atoms. The van der Waals surface area contributed by atoms with Crippen molar-refractivity contribution in [3.05, 3.63) is 70.3 Å². The number of para-hydroxylation sites is 1. The van der Waals surface area contributed by atoms with Crippen molar-refractivity contribution in [3.8, 4) is 5.75 Å². The number of benzene rings is 2. The minimum atomic E-state index is -0.622. The van der Waals surface area contributed by atoms with Gasteiger partial charge in [0.05, 0.1) is 17.1 Å². The highest BCUT2D eigenvalue weighted by Crippen LogP contribution is 2.08. The van der Waals surface area contributed by atoms with Gasteiger partial charge in [0.1, 0.15) is 5.75 Å². The fraction of sp³-hybridized carbons (Fsp3) is 0. The molecule has 1 amide bonds. The van der Waals surface area contributed by atoms with Crippen molar-refractivity contribution in [2.24, 2.45) is 5.10 Å². The molecule has 0 spiro atoms. The molecule has 1 aromatic heterocycles. The van der Waals surface area contributed by atoms with Gasteiger partial charge < -0.3 is 10.1 Å². The van der Waals surface area contributed by atoms with E-state index in [9.17, 15) is 14.7 Å². The number of amides is 1. The van der Waals surface area contributed by atoms with Gasteiger partial charge in [-0.3, -0.25) is 9.59 Å². The molecule has 7 heteroatoms. The third-order valence-corrected chi connectivity index (χ3v) is 3.10. The average Bonchev–Trinajstić information content (AvgIpc) is 2.56. The first-order valence-electron chi connectivity index (χ1n) is 6.75. The number of carbonyl (C=O) groups excluding carboxylic acids is 1. The summed E-state index contributed by atoms with van der Waals surface area (Å²) in [7, 11) is 0. The van der Waals surface area contributed by atoms with E-state index in [1.165, 1.54) is 18.3 Å². The SMILES string of the molecule is O=C(N/N=C/c1ccc(O)cc1)c1nc2ccccc2c(=O)[nH]1. The number of phenols is 1. The molecule has 0 aliphatic rings. The maximum absolute atomic E-state index is 12.0. The number of hydrazone groups is 1. The summed E-state index contributed by atoms with van der Waals surface area (Å²) in [5.41, 5.74) is 3.03. The molecular formula is C16H12N4O3. The zero-order valence-corrected chi connectivity index (χ0v) is 11.9. The second-order valence-electron chi connectivity index (χ2n) is 4.72. The van der Waals surface area contributed by atoms with E-state index in [4.69, 9.17) is 0 Å². The predicted octanol–water partition coefficient (Wildman–Crippen LogP) is 1.39. The van der Waals surface area contributed by atoms with Crippen LogP contribution in [0, 0.1) is 0 Å². The van der Waals surface area contributed by atoms with Crippen LogP contribution in [-0.2, 0) is 0 Å². The Labute approximate surface area is 130 Å². The van der Waals surface area contributed by atoms with E-state index < -0.39 is 5.91 Å². The number of aromatic amines is 1. The molecule has 7 nitrogen and oxygen atoms in total. The van der Waals surface area contributed by atoms with Gasteiger partial charge in [-0.05, 0) is 42.0 Å². The van der Waals surface area contributed by atoms with Crippen molar-refractivity contribution in [1.29, 1.82) is 0 Å². The molecular weight excluding hydrogens is 296 g/mol. The molecule has 114 valence electrons. The number of nitrogens with zero attached hydrogens (tertiary/aromatic N) is 2. The van der Waals surface area contributed by atoms with E-state index >= 15 is 0 Å². The number of carbonyl (C=O) groups is 1. The molecule has 0 fully saturated rings. The van der Waals surface area contributed by atoms with Gasteiger partial charge in [0.25, 0.3) is 5.56 Å². The van der Waals surface area contributed by atoms with Gasteiger partial charge in [-0.1, -0.05) is 12.1 Å². The van der Waals surface area contributed by atoms with Crippen LogP contribution in [-0.4, -0.2) is 27.2 Å². The minimum absolute atomic E-state index is 0.114. The van der Waals surface area contributed by atoms with Gasteiger partial charge in [0.15, 0.2) is 0 Å². The Hall–Kier alpha value is -3.48. The summed E-state index contributed by atoms with van der Waals surface area (Å²) in [6.45, 7) is 0. The number of hydrogen-bond acceptors (Lipinski definition) is 5. The van der Waals surface area contributed by atoms with Crippen molar-refractivity contribution in [2.45, 2.75) is 0 Å². The number of fused-ring (bicyclic) bond motifs is 1. The van der Waals surface area contributed by atoms with E-state index in [1.54, 1.807) is 36.4 Å². The lowest BCUT2D eigenvalue weighted by atomic mass is 10.2. The number of nitrogens with one attached hydrogen (secondary N) is 2. The number of hydrogen-bond donors (Lipinski definition) is 3. The van der Waals surface area contributed by atoms with E-state index in [0.29, 0.717) is 16.5 Å². The summed E-state index contributed by atoms with van der Waals surface area (Å²) in [6.07, 6.45) is 1.41. The lowest BCUT2D eigenvalue weighted by Crippen LogP contribution is -2.24. The van der Waals surface area contributed by atoms with Gasteiger partial charge in [0.2, 0.25) is 5.82 Å². The van der Waals surface area contributed by atoms with E-state index in [1.807, 2.05) is 0 Å². The molecule has 0 atom stereocenters. The molecule has 2 aromatic carbocycles. The van der Waals surface area contributed by atoms with Crippen LogP contribution in [0.1, 0.15) is 16.2 Å². The molecule has 3 N–H and O–H groups in total. The van der Waals surface area contributed by atoms with Crippen LogP contribution in [0.15, 0.2) is 58.4 Å². The fourth-order valence-corrected chi connectivity index (χ4v) is 1.97. The Morgan fingerprint density at radius 3 is 2.70 bits per heavy atom. The summed E-state index contributed by atoms with van der Waals surface area (Å²) in [5.74, 6) is -0.594. The lowest BCUT2D eigenvalue weighted by molar-refractivity contribution is 0.0945. The van der Waals surface area contributed by atoms with Crippen LogP contribution < -0.4 is 11.0 Å². The smallest absolute Gasteiger partial charge is 0.307 e. The van der Waals surface area contributed by atoms with Crippen molar-refractivity contribution >= 4 is 23.0 Å². The molecule has 0 saturated heterocycles. The number of phenolic OH excluding ortho intramolecular Hbond substituents is 1. The number of aromatic nitrogens is 2. The summed E-state index contributed by atoms with van der Waals surface area (Å²) in [5, 5.41) is 13.4. The highest BCUT2D eigenvalue weighted by atomic mass is 16.3. The van der Waals surface area contributed by atoms with Gasteiger partial charge in [-0.2, -0.15) is 5.10 Å². The Morgan fingerprint density at radius 2 is 1.91 bits per heavy atom. The predicted molar refractivity (Wildman–Crippen MR) is 85.5 cm³/mol. The number of rotatable bonds is 3. The van der Waals surface area contributed by atoms with Crippen molar-refractivity contribution in [3.63, 3.8) is 0 Å².